The van der Waals surface area contributed by atoms with Crippen LogP contribution in [-0.4, -0.2) is 26.1 Å². The van der Waals surface area contributed by atoms with Crippen molar-refractivity contribution < 1.29 is 19.0 Å². The van der Waals surface area contributed by atoms with Crippen molar-refractivity contribution in [1.29, 1.82) is 0 Å². The second-order valence-corrected chi connectivity index (χ2v) is 8.98. The highest BCUT2D eigenvalue weighted by atomic mass is 16.5. The van der Waals surface area contributed by atoms with E-state index >= 15 is 0 Å². The Labute approximate surface area is 212 Å². The van der Waals surface area contributed by atoms with Crippen LogP contribution >= 0.6 is 0 Å². The maximum Gasteiger partial charge on any atom is 0.163 e. The minimum atomic E-state index is -0.317. The van der Waals surface area contributed by atoms with E-state index in [1.54, 1.807) is 7.11 Å². The number of hydrogen-bond donors (Lipinski definition) is 2. The molecule has 2 aliphatic rings. The van der Waals surface area contributed by atoms with Gasteiger partial charge in [-0.1, -0.05) is 36.4 Å². The zero-order valence-corrected chi connectivity index (χ0v) is 21.0. The molecule has 1 aliphatic carbocycles. The standard InChI is InChI=1S/C30H32N2O4/c1-4-35-26-13-9-6-10-21(26)30-29-24(31-22-11-7-8-12-23(22)32-30)16-20(17-25(29)33)19-14-15-27(36-5-2)28(18-19)34-3/h6-15,18,20,30-32H,4-5,16-17H2,1-3H3/t20-,30+/m0/s1. The van der Waals surface area contributed by atoms with Crippen molar-refractivity contribution in [2.75, 3.05) is 31.0 Å². The molecule has 0 amide bonds. The molecule has 0 spiro atoms. The lowest BCUT2D eigenvalue weighted by atomic mass is 9.78. The smallest absolute Gasteiger partial charge is 0.163 e. The molecule has 0 fully saturated rings. The highest BCUT2D eigenvalue weighted by Gasteiger charge is 2.37. The predicted molar refractivity (Wildman–Crippen MR) is 142 cm³/mol. The molecule has 6 nitrogen and oxygen atoms in total. The maximum atomic E-state index is 13.9. The fourth-order valence-corrected chi connectivity index (χ4v) is 5.18. The third-order valence-electron chi connectivity index (χ3n) is 6.80. The van der Waals surface area contributed by atoms with Crippen LogP contribution in [0.25, 0.3) is 0 Å². The molecular formula is C30H32N2O4. The Morgan fingerprint density at radius 1 is 0.833 bits per heavy atom. The molecule has 1 aliphatic heterocycles. The molecule has 0 aromatic heterocycles. The van der Waals surface area contributed by atoms with E-state index in [4.69, 9.17) is 14.2 Å². The lowest BCUT2D eigenvalue weighted by Crippen LogP contribution is -2.27. The number of allylic oxidation sites excluding steroid dienone is 1. The van der Waals surface area contributed by atoms with E-state index in [0.717, 1.165) is 39.5 Å². The van der Waals surface area contributed by atoms with Gasteiger partial charge in [0.25, 0.3) is 0 Å². The number of Topliss-reactive ketones (excluding diaryl/α,β-unsaturated/α-hetero) is 1. The number of benzene rings is 3. The number of rotatable bonds is 7. The summed E-state index contributed by atoms with van der Waals surface area (Å²) in [5.74, 6) is 2.34. The molecule has 0 saturated heterocycles. The summed E-state index contributed by atoms with van der Waals surface area (Å²) >= 11 is 0. The lowest BCUT2D eigenvalue weighted by Gasteiger charge is -2.30. The summed E-state index contributed by atoms with van der Waals surface area (Å²) in [4.78, 5) is 13.9. The van der Waals surface area contributed by atoms with Gasteiger partial charge in [-0.2, -0.15) is 0 Å². The molecule has 3 aromatic rings. The topological polar surface area (TPSA) is 68.8 Å². The van der Waals surface area contributed by atoms with Crippen molar-refractivity contribution in [3.8, 4) is 17.2 Å². The Hall–Kier alpha value is -3.93. The lowest BCUT2D eigenvalue weighted by molar-refractivity contribution is -0.116. The molecule has 36 heavy (non-hydrogen) atoms. The first kappa shape index (κ1) is 23.8. The molecule has 1 heterocycles. The van der Waals surface area contributed by atoms with Crippen molar-refractivity contribution >= 4 is 17.2 Å². The van der Waals surface area contributed by atoms with Gasteiger partial charge in [-0.25, -0.2) is 0 Å². The van der Waals surface area contributed by atoms with Crippen LogP contribution in [0.4, 0.5) is 11.4 Å². The number of ketones is 1. The molecule has 0 bridgehead atoms. The Bertz CT molecular complexity index is 1300. The van der Waals surface area contributed by atoms with Crippen LogP contribution in [0.15, 0.2) is 78.0 Å². The summed E-state index contributed by atoms with van der Waals surface area (Å²) in [6, 6.07) is 21.7. The number of para-hydroxylation sites is 3. The van der Waals surface area contributed by atoms with Gasteiger partial charge in [0, 0.05) is 23.3 Å². The highest BCUT2D eigenvalue weighted by molar-refractivity contribution is 6.01. The number of anilines is 2. The van der Waals surface area contributed by atoms with Crippen LogP contribution in [0.2, 0.25) is 0 Å². The quantitative estimate of drug-likeness (QED) is 0.400. The molecule has 0 radical (unpaired) electrons. The summed E-state index contributed by atoms with van der Waals surface area (Å²) in [6.45, 7) is 5.04. The van der Waals surface area contributed by atoms with Crippen molar-refractivity contribution in [2.45, 2.75) is 38.6 Å². The Morgan fingerprint density at radius 3 is 2.33 bits per heavy atom. The van der Waals surface area contributed by atoms with E-state index in [-0.39, 0.29) is 17.7 Å². The van der Waals surface area contributed by atoms with E-state index in [2.05, 4.69) is 10.6 Å². The highest BCUT2D eigenvalue weighted by Crippen LogP contribution is 2.46. The monoisotopic (exact) mass is 484 g/mol. The second kappa shape index (κ2) is 10.4. The number of carbonyl (C=O) groups excluding carboxylic acids is 1. The maximum absolute atomic E-state index is 13.9. The van der Waals surface area contributed by atoms with Crippen LogP contribution in [0.5, 0.6) is 17.2 Å². The van der Waals surface area contributed by atoms with Gasteiger partial charge in [-0.15, -0.1) is 0 Å². The van der Waals surface area contributed by atoms with Crippen molar-refractivity contribution in [3.05, 3.63) is 89.1 Å². The molecule has 2 N–H and O–H groups in total. The first-order valence-corrected chi connectivity index (χ1v) is 12.5. The number of nitrogens with one attached hydrogen (secondary N) is 2. The van der Waals surface area contributed by atoms with Gasteiger partial charge in [0.05, 0.1) is 37.7 Å². The van der Waals surface area contributed by atoms with Gasteiger partial charge in [0.2, 0.25) is 0 Å². The zero-order valence-electron chi connectivity index (χ0n) is 21.0. The van der Waals surface area contributed by atoms with Crippen LogP contribution < -0.4 is 24.8 Å². The SMILES string of the molecule is CCOc1ccc([C@@H]2CC(=O)C3=C(C2)Nc2ccccc2N[C@@H]3c2ccccc2OCC)cc1OC. The van der Waals surface area contributed by atoms with E-state index in [0.29, 0.717) is 37.6 Å². The Kier molecular flexibility index (Phi) is 6.85. The van der Waals surface area contributed by atoms with Gasteiger partial charge in [0.1, 0.15) is 5.75 Å². The first-order chi connectivity index (χ1) is 17.6. The van der Waals surface area contributed by atoms with Crippen LogP contribution in [0, 0.1) is 0 Å². The van der Waals surface area contributed by atoms with Gasteiger partial charge >= 0.3 is 0 Å². The van der Waals surface area contributed by atoms with Gasteiger partial charge in [-0.3, -0.25) is 4.79 Å². The number of carbonyl (C=O) groups is 1. The van der Waals surface area contributed by atoms with Crippen LogP contribution in [-0.2, 0) is 4.79 Å². The van der Waals surface area contributed by atoms with Gasteiger partial charge < -0.3 is 24.8 Å². The minimum Gasteiger partial charge on any atom is -0.494 e. The zero-order chi connectivity index (χ0) is 25.1. The molecule has 0 saturated carbocycles. The second-order valence-electron chi connectivity index (χ2n) is 8.98. The predicted octanol–water partition coefficient (Wildman–Crippen LogP) is 6.47. The number of hydrogen-bond acceptors (Lipinski definition) is 6. The number of ether oxygens (including phenoxy) is 3. The van der Waals surface area contributed by atoms with Crippen molar-refractivity contribution in [3.63, 3.8) is 0 Å². The van der Waals surface area contributed by atoms with E-state index in [9.17, 15) is 4.79 Å². The largest absolute Gasteiger partial charge is 0.494 e. The fourth-order valence-electron chi connectivity index (χ4n) is 5.18. The normalized spacial score (nSPS) is 18.8. The Balaban J connectivity index is 1.58. The summed E-state index contributed by atoms with van der Waals surface area (Å²) in [7, 11) is 1.64. The summed E-state index contributed by atoms with van der Waals surface area (Å²) in [5, 5.41) is 7.24. The molecule has 0 unspecified atom stereocenters. The molecular weight excluding hydrogens is 452 g/mol. The van der Waals surface area contributed by atoms with E-state index in [1.807, 2.05) is 80.6 Å². The summed E-state index contributed by atoms with van der Waals surface area (Å²) in [5.41, 5.74) is 5.65. The van der Waals surface area contributed by atoms with Crippen LogP contribution in [0.3, 0.4) is 0 Å². The Morgan fingerprint density at radius 2 is 1.56 bits per heavy atom. The molecule has 6 heteroatoms. The average molecular weight is 485 g/mol. The fraction of sp³-hybridized carbons (Fsp3) is 0.300. The number of methoxy groups -OCH3 is 1. The van der Waals surface area contributed by atoms with Gasteiger partial charge in [-0.05, 0) is 62.1 Å². The average Bonchev–Trinajstić information content (AvgIpc) is 3.06. The summed E-state index contributed by atoms with van der Waals surface area (Å²) in [6.07, 6.45) is 1.13. The van der Waals surface area contributed by atoms with E-state index < -0.39 is 0 Å². The molecule has 5 rings (SSSR count). The first-order valence-electron chi connectivity index (χ1n) is 12.5. The molecule has 2 atom stereocenters. The number of fused-ring (bicyclic) bond motifs is 1. The van der Waals surface area contributed by atoms with Crippen molar-refractivity contribution in [1.82, 2.24) is 0 Å². The molecule has 186 valence electrons. The van der Waals surface area contributed by atoms with Crippen LogP contribution in [0.1, 0.15) is 49.8 Å². The van der Waals surface area contributed by atoms with Gasteiger partial charge in [0.15, 0.2) is 17.3 Å². The third-order valence-corrected chi connectivity index (χ3v) is 6.80. The minimum absolute atomic E-state index is 0.0291. The van der Waals surface area contributed by atoms with Crippen molar-refractivity contribution in [2.24, 2.45) is 0 Å². The third kappa shape index (κ3) is 4.51. The molecule has 3 aromatic carbocycles. The summed E-state index contributed by atoms with van der Waals surface area (Å²) < 4.78 is 17.2. The van der Waals surface area contributed by atoms with E-state index in [1.165, 1.54) is 0 Å².